The largest absolute Gasteiger partial charge is 0.313 e. The molecule has 0 aromatic heterocycles. The molecule has 1 aliphatic heterocycles. The summed E-state index contributed by atoms with van der Waals surface area (Å²) >= 11 is 0. The van der Waals surface area contributed by atoms with Gasteiger partial charge >= 0.3 is 0 Å². The zero-order valence-corrected chi connectivity index (χ0v) is 11.1. The Morgan fingerprint density at radius 2 is 2.07 bits per heavy atom. The Morgan fingerprint density at radius 3 is 2.67 bits per heavy atom. The van der Waals surface area contributed by atoms with Gasteiger partial charge in [-0.1, -0.05) is 27.2 Å². The van der Waals surface area contributed by atoms with Gasteiger partial charge in [-0.15, -0.1) is 0 Å². The first kappa shape index (κ1) is 13.0. The number of nitrogens with one attached hydrogen (secondary N) is 1. The van der Waals surface area contributed by atoms with Crippen molar-refractivity contribution in [2.75, 3.05) is 20.1 Å². The van der Waals surface area contributed by atoms with E-state index in [9.17, 15) is 0 Å². The van der Waals surface area contributed by atoms with Crippen molar-refractivity contribution >= 4 is 0 Å². The van der Waals surface area contributed by atoms with E-state index < -0.39 is 0 Å². The molecule has 1 saturated heterocycles. The third-order valence-electron chi connectivity index (χ3n) is 4.04. The zero-order chi connectivity index (χ0) is 11.4. The van der Waals surface area contributed by atoms with E-state index in [1.165, 1.54) is 25.9 Å². The Hall–Kier alpha value is -0.0800. The Kier molecular flexibility index (Phi) is 5.07. The Labute approximate surface area is 95.4 Å². The minimum atomic E-state index is 0.727. The molecule has 0 bridgehead atoms. The van der Waals surface area contributed by atoms with Crippen LogP contribution in [0.3, 0.4) is 0 Å². The van der Waals surface area contributed by atoms with Crippen molar-refractivity contribution in [2.24, 2.45) is 11.8 Å². The van der Waals surface area contributed by atoms with E-state index in [2.05, 4.69) is 45.0 Å². The average molecular weight is 212 g/mol. The van der Waals surface area contributed by atoms with Crippen LogP contribution in [0.1, 0.15) is 40.5 Å². The average Bonchev–Trinajstić information content (AvgIpc) is 2.21. The van der Waals surface area contributed by atoms with Gasteiger partial charge in [0.25, 0.3) is 0 Å². The molecule has 0 saturated carbocycles. The van der Waals surface area contributed by atoms with Gasteiger partial charge in [-0.25, -0.2) is 0 Å². The highest BCUT2D eigenvalue weighted by atomic mass is 15.2. The molecule has 0 amide bonds. The number of hydrogen-bond donors (Lipinski definition) is 1. The molecule has 0 aromatic rings. The molecule has 1 fully saturated rings. The second kappa shape index (κ2) is 5.86. The van der Waals surface area contributed by atoms with Crippen molar-refractivity contribution in [1.29, 1.82) is 0 Å². The molecule has 2 heteroatoms. The molecular weight excluding hydrogens is 184 g/mol. The summed E-state index contributed by atoms with van der Waals surface area (Å²) in [7, 11) is 2.24. The van der Waals surface area contributed by atoms with Crippen LogP contribution in [0.4, 0.5) is 0 Å². The summed E-state index contributed by atoms with van der Waals surface area (Å²) < 4.78 is 0. The highest BCUT2D eigenvalue weighted by Gasteiger charge is 2.28. The predicted molar refractivity (Wildman–Crippen MR) is 67.1 cm³/mol. The molecular formula is C13H28N2. The summed E-state index contributed by atoms with van der Waals surface area (Å²) in [6.45, 7) is 11.7. The molecule has 1 N–H and O–H groups in total. The van der Waals surface area contributed by atoms with E-state index >= 15 is 0 Å². The van der Waals surface area contributed by atoms with Crippen molar-refractivity contribution in [3.05, 3.63) is 0 Å². The van der Waals surface area contributed by atoms with Crippen LogP contribution in [-0.4, -0.2) is 37.1 Å². The summed E-state index contributed by atoms with van der Waals surface area (Å²) in [6, 6.07) is 1.46. The van der Waals surface area contributed by atoms with Gasteiger partial charge in [0.1, 0.15) is 0 Å². The predicted octanol–water partition coefficient (Wildman–Crippen LogP) is 2.35. The highest BCUT2D eigenvalue weighted by Crippen LogP contribution is 2.20. The van der Waals surface area contributed by atoms with Crippen LogP contribution >= 0.6 is 0 Å². The minimum absolute atomic E-state index is 0.727. The zero-order valence-electron chi connectivity index (χ0n) is 11.1. The van der Waals surface area contributed by atoms with Gasteiger partial charge in [0.2, 0.25) is 0 Å². The van der Waals surface area contributed by atoms with Crippen LogP contribution in [0, 0.1) is 11.8 Å². The van der Waals surface area contributed by atoms with E-state index in [1.807, 2.05) is 0 Å². The van der Waals surface area contributed by atoms with Crippen LogP contribution in [0.2, 0.25) is 0 Å². The minimum Gasteiger partial charge on any atom is -0.313 e. The van der Waals surface area contributed by atoms with E-state index in [4.69, 9.17) is 0 Å². The Morgan fingerprint density at radius 1 is 1.40 bits per heavy atom. The fraction of sp³-hybridized carbons (Fsp3) is 1.00. The number of nitrogens with zero attached hydrogens (tertiary/aromatic N) is 1. The van der Waals surface area contributed by atoms with E-state index in [0.717, 1.165) is 23.9 Å². The summed E-state index contributed by atoms with van der Waals surface area (Å²) in [5.41, 5.74) is 0. The van der Waals surface area contributed by atoms with Crippen LogP contribution < -0.4 is 5.32 Å². The molecule has 90 valence electrons. The van der Waals surface area contributed by atoms with Crippen molar-refractivity contribution in [3.63, 3.8) is 0 Å². The van der Waals surface area contributed by atoms with Gasteiger partial charge < -0.3 is 10.2 Å². The van der Waals surface area contributed by atoms with Crippen molar-refractivity contribution in [3.8, 4) is 0 Å². The Balaban J connectivity index is 2.34. The Bertz CT molecular complexity index is 181. The SMILES string of the molecule is CCC(C)CNC1CC(C)N(C)CC1C. The molecule has 1 aliphatic rings. The molecule has 0 radical (unpaired) electrons. The monoisotopic (exact) mass is 212 g/mol. The summed E-state index contributed by atoms with van der Waals surface area (Å²) in [6.07, 6.45) is 2.58. The van der Waals surface area contributed by atoms with E-state index in [1.54, 1.807) is 0 Å². The topological polar surface area (TPSA) is 15.3 Å². The lowest BCUT2D eigenvalue weighted by Crippen LogP contribution is -2.51. The molecule has 4 unspecified atom stereocenters. The normalized spacial score (nSPS) is 35.4. The third kappa shape index (κ3) is 3.76. The molecule has 0 spiro atoms. The number of likely N-dealkylation sites (tertiary alicyclic amines) is 1. The molecule has 1 heterocycles. The third-order valence-corrected chi connectivity index (χ3v) is 4.04. The summed E-state index contributed by atoms with van der Waals surface area (Å²) in [5, 5.41) is 3.75. The number of hydrogen-bond acceptors (Lipinski definition) is 2. The highest BCUT2D eigenvalue weighted by molar-refractivity contribution is 4.86. The first-order valence-corrected chi connectivity index (χ1v) is 6.48. The summed E-state index contributed by atoms with van der Waals surface area (Å²) in [5.74, 6) is 1.60. The van der Waals surface area contributed by atoms with Crippen LogP contribution in [0.25, 0.3) is 0 Å². The van der Waals surface area contributed by atoms with Crippen LogP contribution in [0.5, 0.6) is 0 Å². The smallest absolute Gasteiger partial charge is 0.0120 e. The molecule has 0 aliphatic carbocycles. The quantitative estimate of drug-likeness (QED) is 0.769. The van der Waals surface area contributed by atoms with Crippen LogP contribution in [0.15, 0.2) is 0 Å². The van der Waals surface area contributed by atoms with Gasteiger partial charge in [0.15, 0.2) is 0 Å². The lowest BCUT2D eigenvalue weighted by Gasteiger charge is -2.40. The molecule has 15 heavy (non-hydrogen) atoms. The number of piperidine rings is 1. The van der Waals surface area contributed by atoms with Gasteiger partial charge in [0, 0.05) is 18.6 Å². The van der Waals surface area contributed by atoms with E-state index in [0.29, 0.717) is 0 Å². The second-order valence-corrected chi connectivity index (χ2v) is 5.53. The fourth-order valence-corrected chi connectivity index (χ4v) is 2.32. The maximum absolute atomic E-state index is 3.75. The lowest BCUT2D eigenvalue weighted by molar-refractivity contribution is 0.120. The van der Waals surface area contributed by atoms with Crippen molar-refractivity contribution in [1.82, 2.24) is 10.2 Å². The maximum atomic E-state index is 3.75. The summed E-state index contributed by atoms with van der Waals surface area (Å²) in [4.78, 5) is 2.48. The van der Waals surface area contributed by atoms with Gasteiger partial charge in [-0.05, 0) is 38.8 Å². The fourth-order valence-electron chi connectivity index (χ4n) is 2.32. The van der Waals surface area contributed by atoms with Gasteiger partial charge in [-0.2, -0.15) is 0 Å². The first-order valence-electron chi connectivity index (χ1n) is 6.48. The molecule has 0 aromatic carbocycles. The van der Waals surface area contributed by atoms with E-state index in [-0.39, 0.29) is 0 Å². The molecule has 4 atom stereocenters. The van der Waals surface area contributed by atoms with Crippen molar-refractivity contribution < 1.29 is 0 Å². The molecule has 1 rings (SSSR count). The number of rotatable bonds is 4. The van der Waals surface area contributed by atoms with Crippen molar-refractivity contribution in [2.45, 2.75) is 52.6 Å². The second-order valence-electron chi connectivity index (χ2n) is 5.53. The lowest BCUT2D eigenvalue weighted by atomic mass is 9.89. The van der Waals surface area contributed by atoms with Gasteiger partial charge in [0.05, 0.1) is 0 Å². The maximum Gasteiger partial charge on any atom is 0.0120 e. The molecule has 2 nitrogen and oxygen atoms in total. The first-order chi connectivity index (χ1) is 7.04. The van der Waals surface area contributed by atoms with Crippen LogP contribution in [-0.2, 0) is 0 Å². The van der Waals surface area contributed by atoms with Gasteiger partial charge in [-0.3, -0.25) is 0 Å². The standard InChI is InChI=1S/C13H28N2/c1-6-10(2)8-14-13-7-12(4)15(5)9-11(13)3/h10-14H,6-9H2,1-5H3.